The quantitative estimate of drug-likeness (QED) is 0.379. The topological polar surface area (TPSA) is 69.3 Å². The first-order valence-electron chi connectivity index (χ1n) is 10.3. The summed E-state index contributed by atoms with van der Waals surface area (Å²) in [7, 11) is 0. The van der Waals surface area contributed by atoms with Gasteiger partial charge >= 0.3 is 0 Å². The van der Waals surface area contributed by atoms with Gasteiger partial charge in [-0.05, 0) is 56.7 Å². The van der Waals surface area contributed by atoms with Crippen molar-refractivity contribution in [2.24, 2.45) is 0 Å². The van der Waals surface area contributed by atoms with Crippen LogP contribution in [0.5, 0.6) is 5.75 Å². The molecule has 0 aliphatic heterocycles. The van der Waals surface area contributed by atoms with Gasteiger partial charge in [0.2, 0.25) is 0 Å². The Balaban J connectivity index is 1.41. The summed E-state index contributed by atoms with van der Waals surface area (Å²) in [6.45, 7) is 6.70. The molecule has 0 aliphatic rings. The molecule has 164 valence electrons. The molecule has 0 fully saturated rings. The van der Waals surface area contributed by atoms with E-state index in [2.05, 4.69) is 41.6 Å². The average Bonchev–Trinajstić information content (AvgIpc) is 3.35. The molecule has 4 rings (SSSR count). The largest absolute Gasteiger partial charge is 0.486 e. The number of amides is 1. The Morgan fingerprint density at radius 2 is 1.88 bits per heavy atom. The van der Waals surface area contributed by atoms with E-state index in [1.807, 2.05) is 30.7 Å². The number of nitrogens with zero attached hydrogens (tertiary/aromatic N) is 2. The molecule has 0 bridgehead atoms. The molecule has 6 nitrogen and oxygen atoms in total. The highest BCUT2D eigenvalue weighted by atomic mass is 35.5. The Morgan fingerprint density at radius 1 is 1.09 bits per heavy atom. The van der Waals surface area contributed by atoms with E-state index in [1.54, 1.807) is 24.3 Å². The van der Waals surface area contributed by atoms with Crippen molar-refractivity contribution in [1.29, 1.82) is 0 Å². The molecule has 0 unspecified atom stereocenters. The predicted molar refractivity (Wildman–Crippen MR) is 124 cm³/mol. The molecular formula is C25H24ClN3O3. The lowest BCUT2D eigenvalue weighted by atomic mass is 10.1. The van der Waals surface area contributed by atoms with Crippen molar-refractivity contribution in [3.63, 3.8) is 0 Å². The molecular weight excluding hydrogens is 426 g/mol. The van der Waals surface area contributed by atoms with Gasteiger partial charge in [-0.1, -0.05) is 47.5 Å². The second kappa shape index (κ2) is 9.32. The molecule has 0 saturated carbocycles. The minimum atomic E-state index is -0.333. The van der Waals surface area contributed by atoms with Gasteiger partial charge < -0.3 is 14.5 Å². The van der Waals surface area contributed by atoms with Crippen LogP contribution in [0.15, 0.2) is 65.1 Å². The summed E-state index contributed by atoms with van der Waals surface area (Å²) >= 11 is 5.96. The predicted octanol–water partition coefficient (Wildman–Crippen LogP) is 5.93. The summed E-state index contributed by atoms with van der Waals surface area (Å²) in [4.78, 5) is 12.8. The zero-order chi connectivity index (χ0) is 22.7. The summed E-state index contributed by atoms with van der Waals surface area (Å²) < 4.78 is 13.2. The van der Waals surface area contributed by atoms with E-state index in [1.165, 1.54) is 5.56 Å². The van der Waals surface area contributed by atoms with Gasteiger partial charge in [0.1, 0.15) is 18.1 Å². The number of aryl methyl sites for hydroxylation is 2. The molecule has 2 heterocycles. The molecule has 0 saturated heterocycles. The van der Waals surface area contributed by atoms with Crippen LogP contribution in [0, 0.1) is 20.8 Å². The third-order valence-electron chi connectivity index (χ3n) is 5.14. The zero-order valence-corrected chi connectivity index (χ0v) is 18.9. The number of anilines is 1. The number of ether oxygens (including phenoxy) is 1. The minimum absolute atomic E-state index is 0.195. The maximum atomic E-state index is 12.8. The van der Waals surface area contributed by atoms with Crippen LogP contribution < -0.4 is 10.1 Å². The first-order valence-corrected chi connectivity index (χ1v) is 10.6. The lowest BCUT2D eigenvalue weighted by Crippen LogP contribution is -2.12. The highest BCUT2D eigenvalue weighted by Gasteiger charge is 2.18. The summed E-state index contributed by atoms with van der Waals surface area (Å²) in [6.07, 6.45) is 0. The Kier molecular flexibility index (Phi) is 6.32. The zero-order valence-electron chi connectivity index (χ0n) is 18.2. The van der Waals surface area contributed by atoms with E-state index in [-0.39, 0.29) is 18.3 Å². The lowest BCUT2D eigenvalue weighted by Gasteiger charge is -2.07. The Hall–Kier alpha value is -3.51. The van der Waals surface area contributed by atoms with Crippen LogP contribution >= 0.6 is 11.6 Å². The van der Waals surface area contributed by atoms with Crippen LogP contribution in [0.25, 0.3) is 0 Å². The summed E-state index contributed by atoms with van der Waals surface area (Å²) in [5.74, 6) is 1.05. The summed E-state index contributed by atoms with van der Waals surface area (Å²) in [6, 6.07) is 18.8. The molecule has 1 amide bonds. The van der Waals surface area contributed by atoms with Crippen molar-refractivity contribution in [3.8, 4) is 5.75 Å². The third kappa shape index (κ3) is 5.03. The van der Waals surface area contributed by atoms with Gasteiger partial charge in [-0.2, -0.15) is 5.10 Å². The fourth-order valence-corrected chi connectivity index (χ4v) is 3.54. The van der Waals surface area contributed by atoms with Gasteiger partial charge in [0.25, 0.3) is 5.91 Å². The molecule has 0 radical (unpaired) electrons. The lowest BCUT2D eigenvalue weighted by molar-refractivity contribution is 0.0992. The summed E-state index contributed by atoms with van der Waals surface area (Å²) in [5, 5.41) is 8.11. The number of carbonyl (C=O) groups excluding carboxylic acids is 1. The number of carbonyl (C=O) groups is 1. The maximum Gasteiger partial charge on any atom is 0.291 e. The number of nitrogens with one attached hydrogen (secondary N) is 1. The molecule has 2 aromatic carbocycles. The van der Waals surface area contributed by atoms with Crippen molar-refractivity contribution in [2.75, 3.05) is 5.32 Å². The van der Waals surface area contributed by atoms with Gasteiger partial charge in [0, 0.05) is 5.02 Å². The second-order valence-corrected chi connectivity index (χ2v) is 8.09. The maximum absolute atomic E-state index is 12.8. The second-order valence-electron chi connectivity index (χ2n) is 7.66. The van der Waals surface area contributed by atoms with E-state index >= 15 is 0 Å². The first kappa shape index (κ1) is 21.7. The molecule has 2 aromatic heterocycles. The van der Waals surface area contributed by atoms with E-state index in [0.717, 1.165) is 17.0 Å². The SMILES string of the molecule is Cc1ccc(Cn2nc(C)c(NC(=O)c3ccc(COc4cccc(Cl)c4)o3)c2C)cc1. The van der Waals surface area contributed by atoms with Crippen molar-refractivity contribution >= 4 is 23.2 Å². The highest BCUT2D eigenvalue weighted by Crippen LogP contribution is 2.23. The van der Waals surface area contributed by atoms with E-state index in [0.29, 0.717) is 28.8 Å². The Labute approximate surface area is 191 Å². The third-order valence-corrected chi connectivity index (χ3v) is 5.37. The molecule has 4 aromatic rings. The standard InChI is InChI=1S/C25H24ClN3O3/c1-16-7-9-19(10-8-16)14-29-18(3)24(17(2)28-29)27-25(30)23-12-11-22(32-23)15-31-21-6-4-5-20(26)13-21/h4-13H,14-15H2,1-3H3,(H,27,30). The van der Waals surface area contributed by atoms with Crippen LogP contribution in [0.1, 0.15) is 38.8 Å². The van der Waals surface area contributed by atoms with Gasteiger partial charge in [-0.15, -0.1) is 0 Å². The molecule has 0 atom stereocenters. The van der Waals surface area contributed by atoms with E-state index in [4.69, 9.17) is 20.8 Å². The van der Waals surface area contributed by atoms with Crippen molar-refractivity contribution in [2.45, 2.75) is 33.9 Å². The molecule has 7 heteroatoms. The fourth-order valence-electron chi connectivity index (χ4n) is 3.36. The van der Waals surface area contributed by atoms with Crippen molar-refractivity contribution < 1.29 is 13.9 Å². The Morgan fingerprint density at radius 3 is 2.62 bits per heavy atom. The van der Waals surface area contributed by atoms with Gasteiger partial charge in [-0.25, -0.2) is 0 Å². The smallest absolute Gasteiger partial charge is 0.291 e. The van der Waals surface area contributed by atoms with Gasteiger partial charge in [-0.3, -0.25) is 9.48 Å². The van der Waals surface area contributed by atoms with Crippen molar-refractivity contribution in [3.05, 3.63) is 99.7 Å². The number of aromatic nitrogens is 2. The number of benzene rings is 2. The van der Waals surface area contributed by atoms with E-state index in [9.17, 15) is 4.79 Å². The number of hydrogen-bond donors (Lipinski definition) is 1. The van der Waals surface area contributed by atoms with Gasteiger partial charge in [0.15, 0.2) is 5.76 Å². The summed E-state index contributed by atoms with van der Waals surface area (Å²) in [5.41, 5.74) is 4.68. The van der Waals surface area contributed by atoms with E-state index < -0.39 is 0 Å². The Bertz CT molecular complexity index is 1240. The minimum Gasteiger partial charge on any atom is -0.486 e. The first-order chi connectivity index (χ1) is 15.4. The van der Waals surface area contributed by atoms with Crippen LogP contribution in [-0.2, 0) is 13.2 Å². The molecule has 1 N–H and O–H groups in total. The highest BCUT2D eigenvalue weighted by molar-refractivity contribution is 6.30. The van der Waals surface area contributed by atoms with Crippen molar-refractivity contribution in [1.82, 2.24) is 9.78 Å². The monoisotopic (exact) mass is 449 g/mol. The number of halogens is 1. The van der Waals surface area contributed by atoms with Crippen LogP contribution in [0.4, 0.5) is 5.69 Å². The van der Waals surface area contributed by atoms with Gasteiger partial charge in [0.05, 0.1) is 23.6 Å². The van der Waals surface area contributed by atoms with Crippen LogP contribution in [0.2, 0.25) is 5.02 Å². The molecule has 0 spiro atoms. The average molecular weight is 450 g/mol. The molecule has 32 heavy (non-hydrogen) atoms. The number of hydrogen-bond acceptors (Lipinski definition) is 4. The molecule has 0 aliphatic carbocycles. The normalized spacial score (nSPS) is 10.9. The fraction of sp³-hybridized carbons (Fsp3) is 0.200. The van der Waals surface area contributed by atoms with Crippen LogP contribution in [-0.4, -0.2) is 15.7 Å². The number of furan rings is 1. The number of rotatable bonds is 7. The van der Waals surface area contributed by atoms with Crippen LogP contribution in [0.3, 0.4) is 0 Å².